The van der Waals surface area contributed by atoms with Crippen molar-refractivity contribution in [3.8, 4) is 17.2 Å². The molecule has 0 saturated heterocycles. The van der Waals surface area contributed by atoms with Gasteiger partial charge in [-0.15, -0.1) is 0 Å². The smallest absolute Gasteiger partial charge is 0.329 e. The van der Waals surface area contributed by atoms with Crippen LogP contribution >= 0.6 is 0 Å². The second-order valence-corrected chi connectivity index (χ2v) is 9.33. The van der Waals surface area contributed by atoms with E-state index < -0.39 is 36.1 Å². The number of nitrogens with one attached hydrogen (secondary N) is 1. The Kier molecular flexibility index (Phi) is 12.7. The van der Waals surface area contributed by atoms with Crippen LogP contribution in [0, 0.1) is 5.92 Å². The first-order valence-electron chi connectivity index (χ1n) is 13.2. The van der Waals surface area contributed by atoms with Crippen molar-refractivity contribution in [3.05, 3.63) is 48.3 Å². The van der Waals surface area contributed by atoms with Crippen molar-refractivity contribution >= 4 is 17.8 Å². The summed E-state index contributed by atoms with van der Waals surface area (Å²) < 4.78 is 28.5. The predicted octanol–water partition coefficient (Wildman–Crippen LogP) is 4.35. The van der Waals surface area contributed by atoms with E-state index >= 15 is 0 Å². The number of benzene rings is 1. The van der Waals surface area contributed by atoms with Crippen molar-refractivity contribution in [3.63, 3.8) is 0 Å². The second kappa shape index (κ2) is 15.7. The van der Waals surface area contributed by atoms with Gasteiger partial charge in [0.15, 0.2) is 17.5 Å². The van der Waals surface area contributed by atoms with Crippen molar-refractivity contribution in [2.75, 3.05) is 13.7 Å². The Morgan fingerprint density at radius 2 is 1.72 bits per heavy atom. The number of ether oxygens (including phenoxy) is 5. The molecule has 0 bridgehead atoms. The van der Waals surface area contributed by atoms with Gasteiger partial charge in [-0.05, 0) is 37.8 Å². The molecule has 0 radical (unpaired) electrons. The molecule has 0 unspecified atom stereocenters. The Morgan fingerprint density at radius 1 is 1.03 bits per heavy atom. The van der Waals surface area contributed by atoms with Gasteiger partial charge in [-0.1, -0.05) is 45.9 Å². The Morgan fingerprint density at radius 3 is 2.28 bits per heavy atom. The molecule has 39 heavy (non-hydrogen) atoms. The second-order valence-electron chi connectivity index (χ2n) is 9.33. The lowest BCUT2D eigenvalue weighted by molar-refractivity contribution is -0.161. The lowest BCUT2D eigenvalue weighted by atomic mass is 10.0. The minimum Gasteiger partial charge on any atom is -0.493 e. The van der Waals surface area contributed by atoms with E-state index in [1.807, 2.05) is 44.2 Å². The van der Waals surface area contributed by atoms with Gasteiger partial charge in [0, 0.05) is 25.8 Å². The zero-order chi connectivity index (χ0) is 28.9. The quantitative estimate of drug-likeness (QED) is 0.326. The molecule has 10 nitrogen and oxygen atoms in total. The van der Waals surface area contributed by atoms with E-state index in [2.05, 4.69) is 10.3 Å². The van der Waals surface area contributed by atoms with E-state index in [9.17, 15) is 14.4 Å². The van der Waals surface area contributed by atoms with Crippen LogP contribution in [0.5, 0.6) is 17.2 Å². The van der Waals surface area contributed by atoms with E-state index in [-0.39, 0.29) is 29.2 Å². The molecule has 0 aliphatic carbocycles. The highest BCUT2D eigenvalue weighted by molar-refractivity contribution is 5.98. The Labute approximate surface area is 230 Å². The minimum atomic E-state index is -1.02. The predicted molar refractivity (Wildman–Crippen MR) is 145 cm³/mol. The summed E-state index contributed by atoms with van der Waals surface area (Å²) in [6.45, 7) is 11.0. The molecule has 214 valence electrons. The SMILES string of the molecule is CCCO[C@@H](CC)[C@@H](Oc1ccccc1)[C@H](C)OC(=O)[C@@H](NC(=O)c1nccc(OC)c1OC(C)=O)C(C)C. The zero-order valence-electron chi connectivity index (χ0n) is 23.8. The van der Waals surface area contributed by atoms with Gasteiger partial charge in [-0.25, -0.2) is 9.78 Å². The summed E-state index contributed by atoms with van der Waals surface area (Å²) in [5.41, 5.74) is -0.194. The van der Waals surface area contributed by atoms with Gasteiger partial charge >= 0.3 is 11.9 Å². The molecular weight excluding hydrogens is 504 g/mol. The monoisotopic (exact) mass is 544 g/mol. The lowest BCUT2D eigenvalue weighted by Crippen LogP contribution is -2.50. The van der Waals surface area contributed by atoms with Crippen LogP contribution in [-0.4, -0.2) is 60.9 Å². The van der Waals surface area contributed by atoms with Crippen LogP contribution in [0.2, 0.25) is 0 Å². The van der Waals surface area contributed by atoms with Gasteiger partial charge in [0.05, 0.1) is 13.2 Å². The molecule has 0 aliphatic rings. The molecule has 2 aromatic rings. The fourth-order valence-corrected chi connectivity index (χ4v) is 3.87. The number of aromatic nitrogens is 1. The summed E-state index contributed by atoms with van der Waals surface area (Å²) in [6, 6.07) is 9.70. The molecular formula is C29H40N2O8. The molecule has 0 aliphatic heterocycles. The molecule has 2 rings (SSSR count). The molecule has 0 spiro atoms. The summed E-state index contributed by atoms with van der Waals surface area (Å²) in [4.78, 5) is 42.2. The highest BCUT2D eigenvalue weighted by atomic mass is 16.6. The molecule has 1 heterocycles. The van der Waals surface area contributed by atoms with Crippen LogP contribution in [0.3, 0.4) is 0 Å². The van der Waals surface area contributed by atoms with Crippen LogP contribution in [0.15, 0.2) is 42.6 Å². The maximum absolute atomic E-state index is 13.4. The molecule has 0 saturated carbocycles. The number of amides is 1. The number of rotatable bonds is 15. The number of pyridine rings is 1. The van der Waals surface area contributed by atoms with Crippen LogP contribution < -0.4 is 19.5 Å². The molecule has 1 aromatic heterocycles. The van der Waals surface area contributed by atoms with Crippen molar-refractivity contribution in [2.24, 2.45) is 5.92 Å². The summed E-state index contributed by atoms with van der Waals surface area (Å²) in [5, 5.41) is 2.67. The minimum absolute atomic E-state index is 0.135. The third-order valence-corrected chi connectivity index (χ3v) is 5.84. The van der Waals surface area contributed by atoms with Crippen LogP contribution in [-0.2, 0) is 19.1 Å². The molecule has 1 aromatic carbocycles. The summed E-state index contributed by atoms with van der Waals surface area (Å²) in [6.07, 6.45) is 1.20. The van der Waals surface area contributed by atoms with Crippen molar-refractivity contribution < 1.29 is 38.1 Å². The number of para-hydroxylation sites is 1. The molecule has 1 amide bonds. The Balaban J connectivity index is 2.26. The number of carbonyl (C=O) groups is 3. The van der Waals surface area contributed by atoms with Gasteiger partial charge in [-0.2, -0.15) is 0 Å². The van der Waals surface area contributed by atoms with E-state index in [0.29, 0.717) is 18.8 Å². The molecule has 0 fully saturated rings. The Hall–Kier alpha value is -3.66. The normalized spacial score (nSPS) is 14.1. The summed E-state index contributed by atoms with van der Waals surface area (Å²) in [7, 11) is 1.38. The summed E-state index contributed by atoms with van der Waals surface area (Å²) >= 11 is 0. The number of esters is 2. The maximum Gasteiger partial charge on any atom is 0.329 e. The highest BCUT2D eigenvalue weighted by Crippen LogP contribution is 2.30. The number of nitrogens with zero attached hydrogens (tertiary/aromatic N) is 1. The van der Waals surface area contributed by atoms with E-state index in [1.54, 1.807) is 20.8 Å². The van der Waals surface area contributed by atoms with Gasteiger partial charge in [-0.3, -0.25) is 9.59 Å². The first-order valence-corrected chi connectivity index (χ1v) is 13.2. The van der Waals surface area contributed by atoms with Crippen molar-refractivity contribution in [1.29, 1.82) is 0 Å². The average Bonchev–Trinajstić information content (AvgIpc) is 2.91. The van der Waals surface area contributed by atoms with Crippen LogP contribution in [0.25, 0.3) is 0 Å². The van der Waals surface area contributed by atoms with Gasteiger partial charge in [0.1, 0.15) is 17.9 Å². The van der Waals surface area contributed by atoms with E-state index in [0.717, 1.165) is 6.42 Å². The third-order valence-electron chi connectivity index (χ3n) is 5.84. The van der Waals surface area contributed by atoms with E-state index in [4.69, 9.17) is 23.7 Å². The first kappa shape index (κ1) is 31.6. The fourth-order valence-electron chi connectivity index (χ4n) is 3.87. The Bertz CT molecular complexity index is 1080. The summed E-state index contributed by atoms with van der Waals surface area (Å²) in [5.74, 6) is -1.70. The van der Waals surface area contributed by atoms with Crippen molar-refractivity contribution in [1.82, 2.24) is 10.3 Å². The van der Waals surface area contributed by atoms with Crippen molar-refractivity contribution in [2.45, 2.75) is 78.7 Å². The van der Waals surface area contributed by atoms with E-state index in [1.165, 1.54) is 26.3 Å². The first-order chi connectivity index (χ1) is 18.6. The van der Waals surface area contributed by atoms with Crippen LogP contribution in [0.1, 0.15) is 64.9 Å². The average molecular weight is 545 g/mol. The van der Waals surface area contributed by atoms with Crippen LogP contribution in [0.4, 0.5) is 0 Å². The number of hydrogen-bond donors (Lipinski definition) is 1. The zero-order valence-corrected chi connectivity index (χ0v) is 23.8. The van der Waals surface area contributed by atoms with Gasteiger partial charge in [0.25, 0.3) is 5.91 Å². The molecule has 4 atom stereocenters. The standard InChI is InChI=1S/C29H40N2O8/c1-8-17-36-22(9-2)26(39-21-13-11-10-12-14-21)19(5)37-29(34)24(18(3)4)31-28(33)25-27(38-20(6)32)23(35-7)15-16-30-25/h10-16,18-19,22,24,26H,8-9,17H2,1-7H3,(H,31,33)/t19-,22-,24-,26-/m0/s1. The highest BCUT2D eigenvalue weighted by Gasteiger charge is 2.35. The number of hydrogen-bond acceptors (Lipinski definition) is 9. The van der Waals surface area contributed by atoms with Gasteiger partial charge in [0.2, 0.25) is 5.75 Å². The molecule has 10 heteroatoms. The topological polar surface area (TPSA) is 122 Å². The maximum atomic E-state index is 13.4. The number of carbonyl (C=O) groups excluding carboxylic acids is 3. The number of methoxy groups -OCH3 is 1. The lowest BCUT2D eigenvalue weighted by Gasteiger charge is -2.32. The largest absolute Gasteiger partial charge is 0.493 e. The van der Waals surface area contributed by atoms with Gasteiger partial charge < -0.3 is 29.0 Å². The third kappa shape index (κ3) is 9.24. The molecule has 1 N–H and O–H groups in total. The fraction of sp³-hybridized carbons (Fsp3) is 0.517.